The van der Waals surface area contributed by atoms with Crippen molar-refractivity contribution in [3.05, 3.63) is 65.5 Å². The minimum absolute atomic E-state index is 0. The molecule has 0 aliphatic rings. The van der Waals surface area contributed by atoms with Gasteiger partial charge >= 0.3 is 0 Å². The first-order valence-electron chi connectivity index (χ1n) is 8.00. The summed E-state index contributed by atoms with van der Waals surface area (Å²) in [6.07, 6.45) is 1.45. The molecule has 0 fully saturated rings. The third kappa shape index (κ3) is 5.73. The molecule has 0 radical (unpaired) electrons. The summed E-state index contributed by atoms with van der Waals surface area (Å²) in [5, 5.41) is 2.96. The number of carbonyl (C=O) groups excluding carboxylic acids is 1. The number of halogens is 2. The fourth-order valence-electron chi connectivity index (χ4n) is 2.50. The summed E-state index contributed by atoms with van der Waals surface area (Å²) in [6, 6.07) is 12.5. The average Bonchev–Trinajstić information content (AvgIpc) is 2.60. The van der Waals surface area contributed by atoms with Crippen LogP contribution in [0, 0.1) is 5.82 Å². The first-order chi connectivity index (χ1) is 11.5. The van der Waals surface area contributed by atoms with E-state index in [1.807, 2.05) is 31.2 Å². The number of amides is 1. The van der Waals surface area contributed by atoms with E-state index < -0.39 is 12.1 Å². The Labute approximate surface area is 154 Å². The van der Waals surface area contributed by atoms with Gasteiger partial charge in [-0.2, -0.15) is 0 Å². The molecule has 1 amide bonds. The van der Waals surface area contributed by atoms with Crippen LogP contribution in [0.1, 0.15) is 36.9 Å². The van der Waals surface area contributed by atoms with E-state index in [0.29, 0.717) is 6.42 Å². The summed E-state index contributed by atoms with van der Waals surface area (Å²) in [6.45, 7) is 1.98. The maximum absolute atomic E-state index is 13.2. The van der Waals surface area contributed by atoms with E-state index in [-0.39, 0.29) is 24.1 Å². The average molecular weight is 367 g/mol. The predicted molar refractivity (Wildman–Crippen MR) is 99.5 cm³/mol. The molecule has 25 heavy (non-hydrogen) atoms. The molecule has 0 heterocycles. The summed E-state index contributed by atoms with van der Waals surface area (Å²) in [7, 11) is 1.60. The summed E-state index contributed by atoms with van der Waals surface area (Å²) in [5.74, 6) is 0.189. The number of methoxy groups -OCH3 is 1. The van der Waals surface area contributed by atoms with Crippen LogP contribution in [0.15, 0.2) is 48.5 Å². The lowest BCUT2D eigenvalue weighted by Gasteiger charge is -2.22. The van der Waals surface area contributed by atoms with Crippen LogP contribution in [0.2, 0.25) is 0 Å². The number of ether oxygens (including phenoxy) is 1. The lowest BCUT2D eigenvalue weighted by molar-refractivity contribution is -0.123. The largest absolute Gasteiger partial charge is 0.497 e. The molecular formula is C19H24ClFN2O2. The fraction of sp³-hybridized carbons (Fsp3) is 0.316. The molecule has 6 heteroatoms. The second kappa shape index (κ2) is 10.0. The van der Waals surface area contributed by atoms with E-state index in [1.54, 1.807) is 19.2 Å². The normalized spacial score (nSPS) is 12.6. The highest BCUT2D eigenvalue weighted by Crippen LogP contribution is 2.24. The van der Waals surface area contributed by atoms with Gasteiger partial charge in [-0.05, 0) is 41.8 Å². The van der Waals surface area contributed by atoms with Crippen molar-refractivity contribution >= 4 is 18.3 Å². The van der Waals surface area contributed by atoms with Crippen molar-refractivity contribution in [1.29, 1.82) is 0 Å². The number of nitrogens with two attached hydrogens (primary N) is 1. The molecule has 0 saturated carbocycles. The fourth-order valence-corrected chi connectivity index (χ4v) is 2.50. The van der Waals surface area contributed by atoms with Gasteiger partial charge in [0.25, 0.3) is 0 Å². The number of nitrogens with one attached hydrogen (secondary N) is 1. The van der Waals surface area contributed by atoms with Crippen LogP contribution in [-0.4, -0.2) is 19.1 Å². The van der Waals surface area contributed by atoms with Crippen LogP contribution in [0.25, 0.3) is 0 Å². The van der Waals surface area contributed by atoms with Gasteiger partial charge in [0.05, 0.1) is 19.2 Å². The minimum atomic E-state index is -0.559. The molecule has 2 atom stereocenters. The Morgan fingerprint density at radius 2 is 1.64 bits per heavy atom. The van der Waals surface area contributed by atoms with Crippen molar-refractivity contribution < 1.29 is 13.9 Å². The van der Waals surface area contributed by atoms with Gasteiger partial charge in [0.15, 0.2) is 0 Å². The Morgan fingerprint density at radius 1 is 1.12 bits per heavy atom. The van der Waals surface area contributed by atoms with Gasteiger partial charge in [0, 0.05) is 0 Å². The van der Waals surface area contributed by atoms with Crippen LogP contribution >= 0.6 is 12.4 Å². The van der Waals surface area contributed by atoms with Gasteiger partial charge in [-0.15, -0.1) is 12.4 Å². The molecule has 2 aromatic carbocycles. The molecule has 0 bridgehead atoms. The molecule has 136 valence electrons. The molecule has 2 unspecified atom stereocenters. The lowest BCUT2D eigenvalue weighted by atomic mass is 9.98. The number of hydrogen-bond acceptors (Lipinski definition) is 3. The third-order valence-corrected chi connectivity index (χ3v) is 3.88. The van der Waals surface area contributed by atoms with Crippen molar-refractivity contribution in [3.8, 4) is 5.75 Å². The number of rotatable bonds is 7. The first-order valence-corrected chi connectivity index (χ1v) is 8.00. The topological polar surface area (TPSA) is 64.4 Å². The van der Waals surface area contributed by atoms with Crippen LogP contribution in [0.3, 0.4) is 0 Å². The smallest absolute Gasteiger partial charge is 0.237 e. The molecule has 0 aliphatic heterocycles. The van der Waals surface area contributed by atoms with E-state index in [1.165, 1.54) is 12.1 Å². The second-order valence-electron chi connectivity index (χ2n) is 5.66. The lowest BCUT2D eigenvalue weighted by Crippen LogP contribution is -2.42. The molecule has 0 spiro atoms. The van der Waals surface area contributed by atoms with E-state index in [2.05, 4.69) is 5.32 Å². The van der Waals surface area contributed by atoms with Gasteiger partial charge in [-0.25, -0.2) is 4.39 Å². The molecule has 0 saturated heterocycles. The Balaban J connectivity index is 0.00000312. The van der Waals surface area contributed by atoms with E-state index >= 15 is 0 Å². The van der Waals surface area contributed by atoms with Gasteiger partial charge in [-0.3, -0.25) is 4.79 Å². The second-order valence-corrected chi connectivity index (χ2v) is 5.66. The summed E-state index contributed by atoms with van der Waals surface area (Å²) < 4.78 is 18.4. The molecule has 0 aromatic heterocycles. The van der Waals surface area contributed by atoms with Crippen molar-refractivity contribution in [3.63, 3.8) is 0 Å². The Morgan fingerprint density at radius 3 is 2.12 bits per heavy atom. The molecule has 2 rings (SSSR count). The van der Waals surface area contributed by atoms with Gasteiger partial charge in [-0.1, -0.05) is 37.6 Å². The Hall–Kier alpha value is -2.11. The van der Waals surface area contributed by atoms with Crippen molar-refractivity contribution in [2.75, 3.05) is 7.11 Å². The van der Waals surface area contributed by atoms with E-state index in [0.717, 1.165) is 23.3 Å². The van der Waals surface area contributed by atoms with Gasteiger partial charge in [0.2, 0.25) is 5.91 Å². The van der Waals surface area contributed by atoms with Crippen LogP contribution in [0.5, 0.6) is 5.75 Å². The van der Waals surface area contributed by atoms with Crippen LogP contribution in [0.4, 0.5) is 4.39 Å². The Kier molecular flexibility index (Phi) is 8.38. The molecule has 2 aromatic rings. The minimum Gasteiger partial charge on any atom is -0.497 e. The highest BCUT2D eigenvalue weighted by molar-refractivity contribution is 5.85. The van der Waals surface area contributed by atoms with Gasteiger partial charge < -0.3 is 15.8 Å². The zero-order valence-corrected chi connectivity index (χ0v) is 15.2. The van der Waals surface area contributed by atoms with E-state index in [4.69, 9.17) is 10.5 Å². The summed E-state index contributed by atoms with van der Waals surface area (Å²) in [4.78, 5) is 12.3. The zero-order valence-electron chi connectivity index (χ0n) is 14.4. The summed E-state index contributed by atoms with van der Waals surface area (Å²) in [5.41, 5.74) is 7.57. The summed E-state index contributed by atoms with van der Waals surface area (Å²) >= 11 is 0. The highest BCUT2D eigenvalue weighted by atomic mass is 35.5. The van der Waals surface area contributed by atoms with Gasteiger partial charge in [0.1, 0.15) is 11.6 Å². The first kappa shape index (κ1) is 20.9. The maximum Gasteiger partial charge on any atom is 0.237 e. The van der Waals surface area contributed by atoms with E-state index in [9.17, 15) is 9.18 Å². The van der Waals surface area contributed by atoms with Crippen molar-refractivity contribution in [2.45, 2.75) is 31.8 Å². The van der Waals surface area contributed by atoms with Crippen molar-refractivity contribution in [1.82, 2.24) is 5.32 Å². The molecule has 0 aliphatic carbocycles. The predicted octanol–water partition coefficient (Wildman–Crippen LogP) is 3.59. The molecular weight excluding hydrogens is 343 g/mol. The number of carbonyl (C=O) groups is 1. The van der Waals surface area contributed by atoms with Crippen molar-refractivity contribution in [2.24, 2.45) is 5.73 Å². The molecule has 4 nitrogen and oxygen atoms in total. The monoisotopic (exact) mass is 366 g/mol. The standard InChI is InChI=1S/C19H23FN2O2.ClH/c1-3-4-17(21)19(23)22-18(13-5-9-15(20)10-6-13)14-7-11-16(24-2)12-8-14;/h5-12,17-18H,3-4,21H2,1-2H3,(H,22,23);1H. The maximum atomic E-state index is 13.2. The van der Waals surface area contributed by atoms with Crippen LogP contribution < -0.4 is 15.8 Å². The number of hydrogen-bond donors (Lipinski definition) is 2. The number of benzene rings is 2. The third-order valence-electron chi connectivity index (χ3n) is 3.88. The van der Waals surface area contributed by atoms with Crippen LogP contribution in [-0.2, 0) is 4.79 Å². The SMILES string of the molecule is CCCC(N)C(=O)NC(c1ccc(F)cc1)c1ccc(OC)cc1.Cl. The highest BCUT2D eigenvalue weighted by Gasteiger charge is 2.20. The zero-order chi connectivity index (χ0) is 17.5. The molecule has 3 N–H and O–H groups in total. The quantitative estimate of drug-likeness (QED) is 0.787. The Bertz CT molecular complexity index is 662.